The highest BCUT2D eigenvalue weighted by molar-refractivity contribution is 7.73. The molecule has 1 atom stereocenters. The zero-order valence-corrected chi connectivity index (χ0v) is 15.2. The van der Waals surface area contributed by atoms with Gasteiger partial charge in [-0.05, 0) is 31.8 Å². The molecule has 3 rings (SSSR count). The summed E-state index contributed by atoms with van der Waals surface area (Å²) in [7, 11) is -3.03. The van der Waals surface area contributed by atoms with E-state index < -0.39 is 63.4 Å². The first-order valence-corrected chi connectivity index (χ1v) is 9.70. The fourth-order valence-electron chi connectivity index (χ4n) is 2.90. The van der Waals surface area contributed by atoms with Gasteiger partial charge in [-0.15, -0.1) is 0 Å². The number of hydrogen-bond acceptors (Lipinski definition) is 4. The van der Waals surface area contributed by atoms with Crippen LogP contribution in [0.1, 0.15) is 38.5 Å². The van der Waals surface area contributed by atoms with Gasteiger partial charge >= 0.3 is 0 Å². The topological polar surface area (TPSA) is 72.5 Å². The molecule has 1 unspecified atom stereocenters. The minimum atomic E-state index is -3.03. The van der Waals surface area contributed by atoms with Gasteiger partial charge in [0.05, 0.1) is 16.7 Å². The van der Waals surface area contributed by atoms with Gasteiger partial charge in [0.2, 0.25) is 16.2 Å². The maximum Gasteiger partial charge on any atom is 0.250 e. The first kappa shape index (κ1) is 19.3. The Balaban J connectivity index is 1.85. The first-order valence-electron chi connectivity index (χ1n) is 8.25. The highest BCUT2D eigenvalue weighted by atomic mass is 35.5. The van der Waals surface area contributed by atoms with Gasteiger partial charge in [0.25, 0.3) is 5.91 Å². The predicted molar refractivity (Wildman–Crippen MR) is 89.2 cm³/mol. The molecule has 5 nitrogen and oxygen atoms in total. The predicted octanol–water partition coefficient (Wildman–Crippen LogP) is 2.64. The number of halogens is 4. The van der Waals surface area contributed by atoms with E-state index >= 15 is 0 Å². The Morgan fingerprint density at radius 2 is 1.85 bits per heavy atom. The van der Waals surface area contributed by atoms with Crippen molar-refractivity contribution in [2.75, 3.05) is 0 Å². The SMILES string of the molecule is O=C(NC1CC1)C1=CC(Cl)=C(OC2CCC(F)(F)CC2)C(=S(=O)=O)C1F. The van der Waals surface area contributed by atoms with Gasteiger partial charge < -0.3 is 10.1 Å². The average molecular weight is 412 g/mol. The Morgan fingerprint density at radius 1 is 1.23 bits per heavy atom. The van der Waals surface area contributed by atoms with Gasteiger partial charge in [-0.25, -0.2) is 13.2 Å². The van der Waals surface area contributed by atoms with Crippen molar-refractivity contribution in [1.29, 1.82) is 0 Å². The van der Waals surface area contributed by atoms with Gasteiger partial charge in [0.15, 0.2) is 16.8 Å². The zero-order valence-electron chi connectivity index (χ0n) is 13.6. The fourth-order valence-corrected chi connectivity index (χ4v) is 3.82. The standard InChI is InChI=1S/C16H17ClF3NO4S/c17-11-7-10(15(22)21-8-1-2-8)12(18)14(26(23)24)13(11)25-9-3-5-16(19,20)6-4-9/h7-9,12H,1-6H2,(H,21,22). The molecule has 0 bridgehead atoms. The minimum absolute atomic E-state index is 0.00483. The number of alkyl halides is 3. The van der Waals surface area contributed by atoms with Gasteiger partial charge in [0, 0.05) is 18.9 Å². The molecule has 26 heavy (non-hydrogen) atoms. The Kier molecular flexibility index (Phi) is 5.39. The van der Waals surface area contributed by atoms with E-state index in [0.29, 0.717) is 0 Å². The lowest BCUT2D eigenvalue weighted by molar-refractivity contribution is -0.118. The van der Waals surface area contributed by atoms with E-state index in [4.69, 9.17) is 16.3 Å². The lowest BCUT2D eigenvalue weighted by Gasteiger charge is -2.31. The van der Waals surface area contributed by atoms with Crippen molar-refractivity contribution in [3.63, 3.8) is 0 Å². The highest BCUT2D eigenvalue weighted by Gasteiger charge is 2.40. The Bertz CT molecular complexity index is 799. The number of rotatable bonds is 4. The van der Waals surface area contributed by atoms with E-state index in [1.807, 2.05) is 0 Å². The summed E-state index contributed by atoms with van der Waals surface area (Å²) in [4.78, 5) is 11.3. The van der Waals surface area contributed by atoms with Crippen LogP contribution in [0.3, 0.4) is 0 Å². The molecule has 2 fully saturated rings. The molecular weight excluding hydrogens is 395 g/mol. The number of hydrogen-bond donors (Lipinski definition) is 1. The van der Waals surface area contributed by atoms with Gasteiger partial charge in [-0.3, -0.25) is 4.79 Å². The van der Waals surface area contributed by atoms with Crippen LogP contribution in [-0.4, -0.2) is 43.4 Å². The summed E-state index contributed by atoms with van der Waals surface area (Å²) in [5, 5.41) is 2.33. The Morgan fingerprint density at radius 3 is 2.38 bits per heavy atom. The van der Waals surface area contributed by atoms with Crippen LogP contribution in [0.2, 0.25) is 0 Å². The summed E-state index contributed by atoms with van der Waals surface area (Å²) in [5.74, 6) is -3.92. The van der Waals surface area contributed by atoms with Crippen LogP contribution in [0.5, 0.6) is 0 Å². The molecule has 2 saturated carbocycles. The maximum absolute atomic E-state index is 14.7. The molecule has 0 heterocycles. The normalized spacial score (nSPS) is 26.4. The molecule has 0 radical (unpaired) electrons. The van der Waals surface area contributed by atoms with E-state index in [0.717, 1.165) is 18.9 Å². The van der Waals surface area contributed by atoms with Crippen LogP contribution in [0, 0.1) is 0 Å². The summed E-state index contributed by atoms with van der Waals surface area (Å²) in [6, 6.07) is -0.0406. The van der Waals surface area contributed by atoms with Crippen molar-refractivity contribution >= 4 is 32.7 Å². The van der Waals surface area contributed by atoms with E-state index in [1.54, 1.807) is 0 Å². The van der Waals surface area contributed by atoms with Crippen LogP contribution in [0.4, 0.5) is 13.2 Å². The smallest absolute Gasteiger partial charge is 0.250 e. The summed E-state index contributed by atoms with van der Waals surface area (Å²) in [6.07, 6.45) is -1.13. The van der Waals surface area contributed by atoms with Crippen molar-refractivity contribution in [1.82, 2.24) is 5.32 Å². The quantitative estimate of drug-likeness (QED) is 0.722. The van der Waals surface area contributed by atoms with Gasteiger partial charge in [-0.1, -0.05) is 11.6 Å². The first-order chi connectivity index (χ1) is 12.2. The molecule has 3 aliphatic carbocycles. The monoisotopic (exact) mass is 411 g/mol. The number of carbonyl (C=O) groups excluding carboxylic acids is 1. The number of nitrogens with one attached hydrogen (secondary N) is 1. The fraction of sp³-hybridized carbons (Fsp3) is 0.625. The van der Waals surface area contributed by atoms with Gasteiger partial charge in [-0.2, -0.15) is 8.42 Å². The third-order valence-electron chi connectivity index (χ3n) is 4.53. The molecule has 0 aromatic heterocycles. The van der Waals surface area contributed by atoms with Crippen LogP contribution >= 0.6 is 11.6 Å². The lowest BCUT2D eigenvalue weighted by atomic mass is 9.93. The van der Waals surface area contributed by atoms with Crippen LogP contribution < -0.4 is 5.32 Å². The van der Waals surface area contributed by atoms with Crippen LogP contribution in [0.25, 0.3) is 0 Å². The maximum atomic E-state index is 14.7. The second-order valence-electron chi connectivity index (χ2n) is 6.66. The van der Waals surface area contributed by atoms with Crippen molar-refractivity contribution in [3.8, 4) is 0 Å². The molecule has 0 aliphatic heterocycles. The molecule has 1 amide bonds. The second-order valence-corrected chi connectivity index (χ2v) is 7.98. The number of carbonyl (C=O) groups is 1. The molecule has 1 N–H and O–H groups in total. The lowest BCUT2D eigenvalue weighted by Crippen LogP contribution is -2.38. The summed E-state index contributed by atoms with van der Waals surface area (Å²) in [5.41, 5.74) is -0.413. The largest absolute Gasteiger partial charge is 0.487 e. The minimum Gasteiger partial charge on any atom is -0.487 e. The van der Waals surface area contributed by atoms with Gasteiger partial charge in [0.1, 0.15) is 0 Å². The van der Waals surface area contributed by atoms with Crippen LogP contribution in [0.15, 0.2) is 22.4 Å². The molecule has 0 aromatic rings. The summed E-state index contributed by atoms with van der Waals surface area (Å²) < 4.78 is 69.8. The average Bonchev–Trinajstić information content (AvgIpc) is 3.36. The number of ether oxygens (including phenoxy) is 1. The zero-order chi connectivity index (χ0) is 19.1. The van der Waals surface area contributed by atoms with Crippen molar-refractivity contribution in [2.45, 2.75) is 62.8 Å². The Labute approximate surface area is 154 Å². The van der Waals surface area contributed by atoms with E-state index in [1.165, 1.54) is 0 Å². The molecule has 3 aliphatic rings. The summed E-state index contributed by atoms with van der Waals surface area (Å²) in [6.45, 7) is 0. The van der Waals surface area contributed by atoms with Crippen molar-refractivity contribution in [2.24, 2.45) is 0 Å². The third kappa shape index (κ3) is 4.25. The molecule has 0 saturated heterocycles. The van der Waals surface area contributed by atoms with Crippen molar-refractivity contribution < 1.29 is 31.1 Å². The van der Waals surface area contributed by atoms with E-state index in [-0.39, 0.29) is 23.9 Å². The molecule has 10 heteroatoms. The van der Waals surface area contributed by atoms with E-state index in [2.05, 4.69) is 5.32 Å². The third-order valence-corrected chi connectivity index (χ3v) is 5.56. The van der Waals surface area contributed by atoms with Crippen LogP contribution in [-0.2, 0) is 19.8 Å². The molecule has 0 aromatic carbocycles. The van der Waals surface area contributed by atoms with Crippen molar-refractivity contribution in [3.05, 3.63) is 22.4 Å². The summed E-state index contributed by atoms with van der Waals surface area (Å²) >= 11 is 6.04. The Hall–Kier alpha value is -1.48. The number of allylic oxidation sites excluding steroid dienone is 3. The second kappa shape index (κ2) is 7.26. The highest BCUT2D eigenvalue weighted by Crippen LogP contribution is 2.37. The number of amides is 1. The molecule has 144 valence electrons. The molecule has 0 spiro atoms. The molecular formula is C16H17ClF3NO4S. The van der Waals surface area contributed by atoms with E-state index in [9.17, 15) is 26.4 Å².